The highest BCUT2D eigenvalue weighted by Crippen LogP contribution is 2.43. The molecule has 3 saturated heterocycles. The number of likely N-dealkylation sites (tertiary alicyclic amines) is 1. The summed E-state index contributed by atoms with van der Waals surface area (Å²) in [6.45, 7) is 0.498. The van der Waals surface area contributed by atoms with E-state index >= 15 is 0 Å². The first-order valence-corrected chi connectivity index (χ1v) is 11.7. The second-order valence-electron chi connectivity index (χ2n) is 8.41. The van der Waals surface area contributed by atoms with Crippen molar-refractivity contribution in [2.75, 3.05) is 17.2 Å². The first kappa shape index (κ1) is 19.4. The Morgan fingerprint density at radius 1 is 0.938 bits per heavy atom. The molecule has 0 saturated carbocycles. The van der Waals surface area contributed by atoms with Gasteiger partial charge in [-0.25, -0.2) is 9.69 Å². The van der Waals surface area contributed by atoms with Crippen LogP contribution in [0, 0.1) is 0 Å². The van der Waals surface area contributed by atoms with Gasteiger partial charge in [0.2, 0.25) is 5.91 Å². The average molecular weight is 444 g/mol. The molecule has 0 aliphatic carbocycles. The minimum absolute atomic E-state index is 0.0230. The van der Waals surface area contributed by atoms with Crippen LogP contribution in [-0.4, -0.2) is 58.1 Å². The van der Waals surface area contributed by atoms with Crippen molar-refractivity contribution in [1.29, 1.82) is 0 Å². The minimum atomic E-state index is -0.592. The monoisotopic (exact) mass is 443 g/mol. The molecule has 3 atom stereocenters. The van der Waals surface area contributed by atoms with Crippen LogP contribution in [0.25, 0.3) is 10.8 Å². The maximum atomic E-state index is 13.5. The molecule has 0 spiro atoms. The zero-order valence-corrected chi connectivity index (χ0v) is 18.1. The molecule has 3 aromatic rings. The van der Waals surface area contributed by atoms with Gasteiger partial charge in [-0.3, -0.25) is 9.59 Å². The van der Waals surface area contributed by atoms with Crippen molar-refractivity contribution in [3.63, 3.8) is 0 Å². The Labute approximate surface area is 189 Å². The number of benzene rings is 3. The smallest absolute Gasteiger partial charge is 0.332 e. The van der Waals surface area contributed by atoms with Crippen molar-refractivity contribution >= 4 is 46.1 Å². The molecule has 2 bridgehead atoms. The summed E-state index contributed by atoms with van der Waals surface area (Å²) in [5.41, 5.74) is 0.615. The first-order chi connectivity index (χ1) is 15.6. The lowest BCUT2D eigenvalue weighted by molar-refractivity contribution is -0.133. The standard InChI is InChI=1S/C25H21N3O3S/c29-22(15-32-18-9-2-1-3-10-18)26-14-17-13-21(26)23-24(30)28(25(31)27(17)23)20-12-6-8-16-7-4-5-11-19(16)20/h1-12,17,21,23H,13-15H2/t17-,21?,23?/m1/s1. The van der Waals surface area contributed by atoms with Crippen LogP contribution >= 0.6 is 11.8 Å². The molecule has 3 fully saturated rings. The van der Waals surface area contributed by atoms with E-state index in [1.54, 1.807) is 4.90 Å². The Balaban J connectivity index is 1.25. The Kier molecular flexibility index (Phi) is 4.47. The van der Waals surface area contributed by atoms with Crippen molar-refractivity contribution in [2.45, 2.75) is 29.4 Å². The van der Waals surface area contributed by atoms with Crippen LogP contribution in [-0.2, 0) is 9.59 Å². The molecule has 6 nitrogen and oxygen atoms in total. The Bertz CT molecular complexity index is 1240. The number of thioether (sulfide) groups is 1. The van der Waals surface area contributed by atoms with Gasteiger partial charge >= 0.3 is 6.03 Å². The van der Waals surface area contributed by atoms with Crippen molar-refractivity contribution in [3.8, 4) is 0 Å². The Morgan fingerprint density at radius 3 is 2.53 bits per heavy atom. The summed E-state index contributed by atoms with van der Waals surface area (Å²) in [7, 11) is 0. The summed E-state index contributed by atoms with van der Waals surface area (Å²) in [6, 6.07) is 22.0. The number of carbonyl (C=O) groups is 3. The summed E-state index contributed by atoms with van der Waals surface area (Å²) >= 11 is 1.50. The first-order valence-electron chi connectivity index (χ1n) is 10.7. The fraction of sp³-hybridized carbons (Fsp3) is 0.240. The zero-order valence-electron chi connectivity index (χ0n) is 17.3. The number of hydrogen-bond acceptors (Lipinski definition) is 4. The third-order valence-corrected chi connectivity index (χ3v) is 7.69. The summed E-state index contributed by atoms with van der Waals surface area (Å²) in [5.74, 6) is 0.122. The maximum absolute atomic E-state index is 13.5. The summed E-state index contributed by atoms with van der Waals surface area (Å²) in [6.07, 6.45) is 0.674. The number of rotatable bonds is 4. The SMILES string of the molecule is O=C1C2C3C[C@H](CN3C(=O)CSc3ccccc3)N2C(=O)N1c1cccc2ccccc12. The van der Waals surface area contributed by atoms with Crippen LogP contribution in [0.1, 0.15) is 6.42 Å². The van der Waals surface area contributed by atoms with Crippen molar-refractivity contribution in [1.82, 2.24) is 9.80 Å². The largest absolute Gasteiger partial charge is 0.334 e. The molecule has 0 aromatic heterocycles. The van der Waals surface area contributed by atoms with E-state index in [-0.39, 0.29) is 29.9 Å². The van der Waals surface area contributed by atoms with Crippen LogP contribution in [0.5, 0.6) is 0 Å². The van der Waals surface area contributed by atoms with E-state index in [2.05, 4.69) is 0 Å². The normalized spacial score (nSPS) is 24.0. The van der Waals surface area contributed by atoms with Gasteiger partial charge in [-0.15, -0.1) is 11.8 Å². The fourth-order valence-corrected chi connectivity index (χ4v) is 6.12. The highest BCUT2D eigenvalue weighted by molar-refractivity contribution is 8.00. The number of fused-ring (bicyclic) bond motifs is 6. The highest BCUT2D eigenvalue weighted by Gasteiger charge is 2.62. The fourth-order valence-electron chi connectivity index (χ4n) is 5.31. The predicted octanol–water partition coefficient (Wildman–Crippen LogP) is 3.75. The van der Waals surface area contributed by atoms with Gasteiger partial charge in [-0.1, -0.05) is 54.6 Å². The molecule has 3 aliphatic rings. The van der Waals surface area contributed by atoms with Gasteiger partial charge in [-0.05, 0) is 30.0 Å². The van der Waals surface area contributed by atoms with E-state index in [9.17, 15) is 14.4 Å². The van der Waals surface area contributed by atoms with Crippen molar-refractivity contribution in [3.05, 3.63) is 72.8 Å². The van der Waals surface area contributed by atoms with Crippen LogP contribution in [0.4, 0.5) is 10.5 Å². The van der Waals surface area contributed by atoms with Gasteiger partial charge in [0, 0.05) is 16.8 Å². The number of imide groups is 1. The molecular formula is C25H21N3O3S. The number of piperazine rings is 1. The maximum Gasteiger partial charge on any atom is 0.332 e. The van der Waals surface area contributed by atoms with Gasteiger partial charge in [0.15, 0.2) is 0 Å². The van der Waals surface area contributed by atoms with E-state index in [1.807, 2.05) is 77.7 Å². The third-order valence-electron chi connectivity index (χ3n) is 6.70. The van der Waals surface area contributed by atoms with Crippen molar-refractivity contribution in [2.24, 2.45) is 0 Å². The molecule has 7 heteroatoms. The molecule has 3 aliphatic heterocycles. The van der Waals surface area contributed by atoms with E-state index in [0.717, 1.165) is 15.7 Å². The quantitative estimate of drug-likeness (QED) is 0.455. The second-order valence-corrected chi connectivity index (χ2v) is 9.46. The van der Waals surface area contributed by atoms with Gasteiger partial charge in [0.05, 0.1) is 23.5 Å². The lowest BCUT2D eigenvalue weighted by Gasteiger charge is -2.34. The molecule has 0 radical (unpaired) electrons. The lowest BCUT2D eigenvalue weighted by Crippen LogP contribution is -2.55. The Hall–Kier alpha value is -3.32. The van der Waals surface area contributed by atoms with Gasteiger partial charge in [0.25, 0.3) is 5.91 Å². The molecular weight excluding hydrogens is 422 g/mol. The topological polar surface area (TPSA) is 60.9 Å². The molecule has 6 rings (SSSR count). The second kappa shape index (κ2) is 7.38. The zero-order chi connectivity index (χ0) is 21.8. The average Bonchev–Trinajstić information content (AvgIpc) is 3.49. The summed E-state index contributed by atoms with van der Waals surface area (Å²) in [4.78, 5) is 45.7. The van der Waals surface area contributed by atoms with Crippen LogP contribution in [0.2, 0.25) is 0 Å². The van der Waals surface area contributed by atoms with E-state index in [4.69, 9.17) is 0 Å². The van der Waals surface area contributed by atoms with E-state index in [1.165, 1.54) is 16.7 Å². The van der Waals surface area contributed by atoms with E-state index < -0.39 is 6.04 Å². The number of anilines is 1. The molecule has 2 unspecified atom stereocenters. The van der Waals surface area contributed by atoms with Gasteiger partial charge in [0.1, 0.15) is 6.04 Å². The highest BCUT2D eigenvalue weighted by atomic mass is 32.2. The van der Waals surface area contributed by atoms with E-state index in [0.29, 0.717) is 24.4 Å². The Morgan fingerprint density at radius 2 is 1.69 bits per heavy atom. The molecule has 160 valence electrons. The summed E-state index contributed by atoms with van der Waals surface area (Å²) in [5, 5.41) is 1.85. The van der Waals surface area contributed by atoms with Gasteiger partial charge in [-0.2, -0.15) is 0 Å². The molecule has 0 N–H and O–H groups in total. The molecule has 3 heterocycles. The predicted molar refractivity (Wildman–Crippen MR) is 124 cm³/mol. The number of carbonyl (C=O) groups excluding carboxylic acids is 3. The lowest BCUT2D eigenvalue weighted by atomic mass is 10.1. The minimum Gasteiger partial charge on any atom is -0.334 e. The number of urea groups is 1. The summed E-state index contributed by atoms with van der Waals surface area (Å²) < 4.78 is 0. The third kappa shape index (κ3) is 2.84. The van der Waals surface area contributed by atoms with Crippen LogP contribution in [0.15, 0.2) is 77.7 Å². The van der Waals surface area contributed by atoms with Crippen LogP contribution in [0.3, 0.4) is 0 Å². The van der Waals surface area contributed by atoms with Gasteiger partial charge < -0.3 is 9.80 Å². The molecule has 4 amide bonds. The molecule has 3 aromatic carbocycles. The number of hydrogen-bond donors (Lipinski definition) is 0. The number of nitrogens with zero attached hydrogens (tertiary/aromatic N) is 3. The number of amides is 4. The van der Waals surface area contributed by atoms with Crippen molar-refractivity contribution < 1.29 is 14.4 Å². The molecule has 32 heavy (non-hydrogen) atoms. The van der Waals surface area contributed by atoms with Crippen LogP contribution < -0.4 is 4.90 Å².